The molecule has 0 spiro atoms. The lowest BCUT2D eigenvalue weighted by atomic mass is 10.1. The summed E-state index contributed by atoms with van der Waals surface area (Å²) in [6.07, 6.45) is 7.98. The summed E-state index contributed by atoms with van der Waals surface area (Å²) in [6, 6.07) is 6.16. The van der Waals surface area contributed by atoms with E-state index in [1.165, 1.54) is 18.4 Å². The molecule has 0 saturated heterocycles. The Balaban J connectivity index is 2.13. The van der Waals surface area contributed by atoms with Gasteiger partial charge in [-0.15, -0.1) is 0 Å². The molecule has 1 aliphatic carbocycles. The second kappa shape index (κ2) is 7.19. The molecule has 0 aromatic heterocycles. The molecule has 1 atom stereocenters. The van der Waals surface area contributed by atoms with Gasteiger partial charge in [-0.2, -0.15) is 0 Å². The van der Waals surface area contributed by atoms with Crippen LogP contribution in [0.3, 0.4) is 0 Å². The molecule has 1 unspecified atom stereocenters. The first-order chi connectivity index (χ1) is 9.33. The smallest absolute Gasteiger partial charge is 0.162 e. The first-order valence-electron chi connectivity index (χ1n) is 7.07. The molecule has 0 saturated carbocycles. The molecule has 0 bridgehead atoms. The molecule has 104 valence electrons. The van der Waals surface area contributed by atoms with Gasteiger partial charge in [0.2, 0.25) is 0 Å². The third kappa shape index (κ3) is 4.00. The molecule has 1 aromatic carbocycles. The summed E-state index contributed by atoms with van der Waals surface area (Å²) in [6.45, 7) is 3.48. The SMILES string of the molecule is CCOc1cc(CNC)ccc1OC1C=CCCC1. The van der Waals surface area contributed by atoms with E-state index in [1.54, 1.807) is 0 Å². The van der Waals surface area contributed by atoms with Gasteiger partial charge in [-0.25, -0.2) is 0 Å². The van der Waals surface area contributed by atoms with Crippen LogP contribution in [0, 0.1) is 0 Å². The summed E-state index contributed by atoms with van der Waals surface area (Å²) in [5, 5.41) is 3.15. The van der Waals surface area contributed by atoms with Crippen molar-refractivity contribution in [2.45, 2.75) is 38.8 Å². The highest BCUT2D eigenvalue weighted by Crippen LogP contribution is 2.31. The fraction of sp³-hybridized carbons (Fsp3) is 0.500. The predicted molar refractivity (Wildman–Crippen MR) is 77.8 cm³/mol. The molecule has 1 aliphatic rings. The molecule has 0 fully saturated rings. The Hall–Kier alpha value is -1.48. The highest BCUT2D eigenvalue weighted by molar-refractivity contribution is 5.43. The van der Waals surface area contributed by atoms with Crippen LogP contribution in [0.4, 0.5) is 0 Å². The van der Waals surface area contributed by atoms with Crippen molar-refractivity contribution in [3.63, 3.8) is 0 Å². The van der Waals surface area contributed by atoms with Crippen LogP contribution in [0.25, 0.3) is 0 Å². The number of nitrogens with one attached hydrogen (secondary N) is 1. The van der Waals surface area contributed by atoms with Gasteiger partial charge in [-0.05, 0) is 57.0 Å². The number of rotatable bonds is 6. The molecular weight excluding hydrogens is 238 g/mol. The largest absolute Gasteiger partial charge is 0.490 e. The van der Waals surface area contributed by atoms with E-state index in [4.69, 9.17) is 9.47 Å². The molecule has 1 N–H and O–H groups in total. The van der Waals surface area contributed by atoms with E-state index >= 15 is 0 Å². The Morgan fingerprint density at radius 3 is 2.89 bits per heavy atom. The van der Waals surface area contributed by atoms with Crippen LogP contribution in [0.2, 0.25) is 0 Å². The molecule has 0 amide bonds. The minimum Gasteiger partial charge on any atom is -0.490 e. The molecule has 19 heavy (non-hydrogen) atoms. The van der Waals surface area contributed by atoms with Crippen molar-refractivity contribution in [1.29, 1.82) is 0 Å². The van der Waals surface area contributed by atoms with Crippen molar-refractivity contribution in [2.75, 3.05) is 13.7 Å². The summed E-state index contributed by atoms with van der Waals surface area (Å²) >= 11 is 0. The van der Waals surface area contributed by atoms with Gasteiger partial charge in [0.25, 0.3) is 0 Å². The van der Waals surface area contributed by atoms with E-state index in [0.717, 1.165) is 24.5 Å². The number of hydrogen-bond donors (Lipinski definition) is 1. The van der Waals surface area contributed by atoms with Crippen molar-refractivity contribution >= 4 is 0 Å². The van der Waals surface area contributed by atoms with Crippen LogP contribution in [-0.2, 0) is 6.54 Å². The lowest BCUT2D eigenvalue weighted by Gasteiger charge is -2.20. The summed E-state index contributed by atoms with van der Waals surface area (Å²) < 4.78 is 11.7. The summed E-state index contributed by atoms with van der Waals surface area (Å²) in [7, 11) is 1.94. The van der Waals surface area contributed by atoms with Crippen molar-refractivity contribution in [1.82, 2.24) is 5.32 Å². The van der Waals surface area contributed by atoms with E-state index in [-0.39, 0.29) is 6.10 Å². The average molecular weight is 261 g/mol. The maximum atomic E-state index is 6.04. The second-order valence-corrected chi connectivity index (χ2v) is 4.76. The van der Waals surface area contributed by atoms with Crippen LogP contribution in [0.15, 0.2) is 30.4 Å². The molecule has 0 aliphatic heterocycles. The summed E-state index contributed by atoms with van der Waals surface area (Å²) in [5.74, 6) is 1.69. The van der Waals surface area contributed by atoms with Gasteiger partial charge >= 0.3 is 0 Å². The normalized spacial score (nSPS) is 18.3. The van der Waals surface area contributed by atoms with Crippen LogP contribution in [-0.4, -0.2) is 19.8 Å². The Morgan fingerprint density at radius 1 is 1.32 bits per heavy atom. The van der Waals surface area contributed by atoms with Gasteiger partial charge in [0.15, 0.2) is 11.5 Å². The molecule has 2 rings (SSSR count). The van der Waals surface area contributed by atoms with Crippen LogP contribution < -0.4 is 14.8 Å². The van der Waals surface area contributed by atoms with Crippen LogP contribution in [0.5, 0.6) is 11.5 Å². The third-order valence-electron chi connectivity index (χ3n) is 3.18. The summed E-state index contributed by atoms with van der Waals surface area (Å²) in [5.41, 5.74) is 1.21. The zero-order chi connectivity index (χ0) is 13.5. The zero-order valence-electron chi connectivity index (χ0n) is 11.8. The van der Waals surface area contributed by atoms with E-state index in [2.05, 4.69) is 29.6 Å². The number of allylic oxidation sites excluding steroid dienone is 1. The maximum Gasteiger partial charge on any atom is 0.162 e. The van der Waals surface area contributed by atoms with Crippen LogP contribution in [0.1, 0.15) is 31.7 Å². The Bertz CT molecular complexity index is 429. The number of benzene rings is 1. The quantitative estimate of drug-likeness (QED) is 0.797. The predicted octanol–water partition coefficient (Wildman–Crippen LogP) is 3.29. The second-order valence-electron chi connectivity index (χ2n) is 4.76. The van der Waals surface area contributed by atoms with Gasteiger partial charge in [-0.1, -0.05) is 12.1 Å². The van der Waals surface area contributed by atoms with Crippen LogP contribution >= 0.6 is 0 Å². The van der Waals surface area contributed by atoms with Gasteiger partial charge in [0.05, 0.1) is 6.61 Å². The maximum absolute atomic E-state index is 6.04. The fourth-order valence-electron chi connectivity index (χ4n) is 2.27. The van der Waals surface area contributed by atoms with Gasteiger partial charge < -0.3 is 14.8 Å². The lowest BCUT2D eigenvalue weighted by Crippen LogP contribution is -2.16. The third-order valence-corrected chi connectivity index (χ3v) is 3.18. The number of ether oxygens (including phenoxy) is 2. The van der Waals surface area contributed by atoms with Gasteiger partial charge in [-0.3, -0.25) is 0 Å². The molecule has 3 heteroatoms. The lowest BCUT2D eigenvalue weighted by molar-refractivity contribution is 0.214. The van der Waals surface area contributed by atoms with E-state index in [1.807, 2.05) is 20.0 Å². The van der Waals surface area contributed by atoms with Crippen molar-refractivity contribution < 1.29 is 9.47 Å². The highest BCUT2D eigenvalue weighted by atomic mass is 16.5. The highest BCUT2D eigenvalue weighted by Gasteiger charge is 2.13. The van der Waals surface area contributed by atoms with Gasteiger partial charge in [0.1, 0.15) is 6.10 Å². The first-order valence-corrected chi connectivity index (χ1v) is 7.07. The molecule has 0 radical (unpaired) electrons. The molecule has 1 aromatic rings. The Labute approximate surface area is 115 Å². The molecular formula is C16H23NO2. The summed E-state index contributed by atoms with van der Waals surface area (Å²) in [4.78, 5) is 0. The van der Waals surface area contributed by atoms with E-state index in [0.29, 0.717) is 6.61 Å². The Morgan fingerprint density at radius 2 is 2.21 bits per heavy atom. The van der Waals surface area contributed by atoms with Crippen molar-refractivity contribution in [3.05, 3.63) is 35.9 Å². The fourth-order valence-corrected chi connectivity index (χ4v) is 2.27. The molecule has 3 nitrogen and oxygen atoms in total. The zero-order valence-corrected chi connectivity index (χ0v) is 11.8. The van der Waals surface area contributed by atoms with E-state index < -0.39 is 0 Å². The standard InChI is InChI=1S/C16H23NO2/c1-3-18-16-11-13(12-17-2)9-10-15(16)19-14-7-5-4-6-8-14/h5,7,9-11,14,17H,3-4,6,8,12H2,1-2H3. The molecule has 0 heterocycles. The topological polar surface area (TPSA) is 30.5 Å². The number of hydrogen-bond acceptors (Lipinski definition) is 3. The first kappa shape index (κ1) is 13.9. The minimum atomic E-state index is 0.183. The van der Waals surface area contributed by atoms with Crippen molar-refractivity contribution in [3.8, 4) is 11.5 Å². The van der Waals surface area contributed by atoms with E-state index in [9.17, 15) is 0 Å². The monoisotopic (exact) mass is 261 g/mol. The van der Waals surface area contributed by atoms with Gasteiger partial charge in [0, 0.05) is 6.54 Å². The Kier molecular flexibility index (Phi) is 5.28. The van der Waals surface area contributed by atoms with Crippen molar-refractivity contribution in [2.24, 2.45) is 0 Å². The minimum absolute atomic E-state index is 0.183. The average Bonchev–Trinajstić information content (AvgIpc) is 2.43.